The molecule has 0 saturated carbocycles. The number of benzene rings is 2. The van der Waals surface area contributed by atoms with Gasteiger partial charge in [-0.1, -0.05) is 18.2 Å². The normalized spacial score (nSPS) is 18.7. The fourth-order valence-electron chi connectivity index (χ4n) is 3.86. The van der Waals surface area contributed by atoms with E-state index in [9.17, 15) is 14.4 Å². The Kier molecular flexibility index (Phi) is 5.40. The predicted molar refractivity (Wildman–Crippen MR) is 117 cm³/mol. The number of aryl methyl sites for hydroxylation is 2. The fraction of sp³-hybridized carbons (Fsp3) is 0.292. The first-order chi connectivity index (χ1) is 14.4. The van der Waals surface area contributed by atoms with Gasteiger partial charge >= 0.3 is 6.03 Å². The first-order valence-electron chi connectivity index (χ1n) is 10.3. The lowest BCUT2D eigenvalue weighted by atomic mass is 10.0. The summed E-state index contributed by atoms with van der Waals surface area (Å²) in [6.45, 7) is 5.97. The lowest BCUT2D eigenvalue weighted by Gasteiger charge is -2.29. The second kappa shape index (κ2) is 8.14. The number of carbonyl (C=O) groups is 3. The standard InChI is InChI=1S/C24H25N3O3/c1-16-6-9-20(14-17(16)2)27-23(29)21(22(28)25-24(27)30)15-18-7-10-19(11-8-18)26-12-4-3-5-13-26/h6-11,14-15H,3-5,12-13H2,1-2H3,(H,25,28,30)/b21-15+. The van der Waals surface area contributed by atoms with Gasteiger partial charge in [-0.05, 0) is 80.1 Å². The van der Waals surface area contributed by atoms with Crippen molar-refractivity contribution >= 4 is 35.3 Å². The van der Waals surface area contributed by atoms with Crippen LogP contribution >= 0.6 is 0 Å². The third-order valence-electron chi connectivity index (χ3n) is 5.78. The third kappa shape index (κ3) is 3.85. The number of carbonyl (C=O) groups excluding carboxylic acids is 3. The maximum atomic E-state index is 13.0. The van der Waals surface area contributed by atoms with Crippen molar-refractivity contribution in [3.05, 3.63) is 64.7 Å². The molecule has 0 spiro atoms. The molecule has 6 heteroatoms. The molecule has 2 aliphatic heterocycles. The van der Waals surface area contributed by atoms with Gasteiger partial charge in [0.1, 0.15) is 5.57 Å². The Hall–Kier alpha value is -3.41. The summed E-state index contributed by atoms with van der Waals surface area (Å²) in [6.07, 6.45) is 5.21. The number of rotatable bonds is 3. The van der Waals surface area contributed by atoms with Crippen LogP contribution in [0.3, 0.4) is 0 Å². The number of hydrogen-bond acceptors (Lipinski definition) is 4. The average Bonchev–Trinajstić information content (AvgIpc) is 2.74. The Morgan fingerprint density at radius 1 is 0.833 bits per heavy atom. The maximum absolute atomic E-state index is 13.0. The first-order valence-corrected chi connectivity index (χ1v) is 10.3. The molecule has 2 aliphatic rings. The molecule has 0 atom stereocenters. The number of nitrogens with one attached hydrogen (secondary N) is 1. The number of piperidine rings is 1. The molecule has 0 unspecified atom stereocenters. The van der Waals surface area contributed by atoms with Crippen LogP contribution in [-0.4, -0.2) is 30.9 Å². The Labute approximate surface area is 176 Å². The predicted octanol–water partition coefficient (Wildman–Crippen LogP) is 3.96. The van der Waals surface area contributed by atoms with Crippen molar-refractivity contribution < 1.29 is 14.4 Å². The SMILES string of the molecule is Cc1ccc(N2C(=O)NC(=O)/C(=C\c3ccc(N4CCCCC4)cc3)C2=O)cc1C. The summed E-state index contributed by atoms with van der Waals surface area (Å²) in [7, 11) is 0. The molecule has 0 aliphatic carbocycles. The van der Waals surface area contributed by atoms with Crippen molar-refractivity contribution in [2.24, 2.45) is 0 Å². The lowest BCUT2D eigenvalue weighted by Crippen LogP contribution is -2.54. The molecule has 4 amide bonds. The highest BCUT2D eigenvalue weighted by molar-refractivity contribution is 6.39. The molecule has 2 aromatic carbocycles. The summed E-state index contributed by atoms with van der Waals surface area (Å²) in [4.78, 5) is 41.1. The minimum absolute atomic E-state index is 0.0569. The molecule has 0 bridgehead atoms. The van der Waals surface area contributed by atoms with Crippen LogP contribution in [0, 0.1) is 13.8 Å². The zero-order chi connectivity index (χ0) is 21.3. The third-order valence-corrected chi connectivity index (χ3v) is 5.78. The summed E-state index contributed by atoms with van der Waals surface area (Å²) >= 11 is 0. The number of anilines is 2. The Morgan fingerprint density at radius 2 is 1.50 bits per heavy atom. The van der Waals surface area contributed by atoms with Gasteiger partial charge in [0.15, 0.2) is 0 Å². The van der Waals surface area contributed by atoms with Crippen LogP contribution in [0.1, 0.15) is 36.0 Å². The first kappa shape index (κ1) is 19.9. The molecule has 30 heavy (non-hydrogen) atoms. The van der Waals surface area contributed by atoms with Crippen LogP contribution in [0.2, 0.25) is 0 Å². The van der Waals surface area contributed by atoms with E-state index in [-0.39, 0.29) is 5.57 Å². The minimum atomic E-state index is -0.731. The lowest BCUT2D eigenvalue weighted by molar-refractivity contribution is -0.122. The van der Waals surface area contributed by atoms with Gasteiger partial charge in [0.25, 0.3) is 11.8 Å². The molecule has 2 heterocycles. The van der Waals surface area contributed by atoms with Crippen molar-refractivity contribution in [3.63, 3.8) is 0 Å². The average molecular weight is 403 g/mol. The van der Waals surface area contributed by atoms with Crippen molar-refractivity contribution in [2.75, 3.05) is 22.9 Å². The van der Waals surface area contributed by atoms with Gasteiger partial charge in [0, 0.05) is 18.8 Å². The second-order valence-electron chi connectivity index (χ2n) is 7.87. The number of hydrogen-bond donors (Lipinski definition) is 1. The van der Waals surface area contributed by atoms with E-state index in [1.54, 1.807) is 12.1 Å². The Morgan fingerprint density at radius 3 is 2.17 bits per heavy atom. The van der Waals surface area contributed by atoms with Gasteiger partial charge in [0.2, 0.25) is 0 Å². The Bertz CT molecular complexity index is 1030. The number of barbiturate groups is 1. The Balaban J connectivity index is 1.61. The second-order valence-corrected chi connectivity index (χ2v) is 7.87. The maximum Gasteiger partial charge on any atom is 0.335 e. The molecule has 6 nitrogen and oxygen atoms in total. The molecule has 0 aromatic heterocycles. The van der Waals surface area contributed by atoms with Gasteiger partial charge in [-0.25, -0.2) is 9.69 Å². The monoisotopic (exact) mass is 403 g/mol. The van der Waals surface area contributed by atoms with Gasteiger partial charge in [-0.2, -0.15) is 0 Å². The zero-order valence-electron chi connectivity index (χ0n) is 17.3. The summed E-state index contributed by atoms with van der Waals surface area (Å²) in [6, 6.07) is 12.4. The van der Waals surface area contributed by atoms with E-state index < -0.39 is 17.8 Å². The molecule has 2 fully saturated rings. The number of amides is 4. The summed E-state index contributed by atoms with van der Waals surface area (Å²) in [5, 5.41) is 2.28. The number of urea groups is 1. The largest absolute Gasteiger partial charge is 0.372 e. The highest BCUT2D eigenvalue weighted by atomic mass is 16.2. The highest BCUT2D eigenvalue weighted by Crippen LogP contribution is 2.25. The van der Waals surface area contributed by atoms with Crippen LogP contribution in [0.25, 0.3) is 6.08 Å². The van der Waals surface area contributed by atoms with Crippen LogP contribution in [-0.2, 0) is 9.59 Å². The molecule has 1 N–H and O–H groups in total. The van der Waals surface area contributed by atoms with Crippen molar-refractivity contribution in [3.8, 4) is 0 Å². The summed E-state index contributed by atoms with van der Waals surface area (Å²) in [5.41, 5.74) is 4.29. The van der Waals surface area contributed by atoms with Gasteiger partial charge in [-0.15, -0.1) is 0 Å². The highest BCUT2D eigenvalue weighted by Gasteiger charge is 2.36. The number of nitrogens with zero attached hydrogens (tertiary/aromatic N) is 2. The molecule has 2 saturated heterocycles. The van der Waals surface area contributed by atoms with E-state index in [1.165, 1.54) is 25.3 Å². The quantitative estimate of drug-likeness (QED) is 0.622. The van der Waals surface area contributed by atoms with Crippen molar-refractivity contribution in [1.29, 1.82) is 0 Å². The smallest absolute Gasteiger partial charge is 0.335 e. The van der Waals surface area contributed by atoms with E-state index in [4.69, 9.17) is 0 Å². The summed E-state index contributed by atoms with van der Waals surface area (Å²) in [5.74, 6) is -1.29. The van der Waals surface area contributed by atoms with E-state index >= 15 is 0 Å². The van der Waals surface area contributed by atoms with Gasteiger partial charge in [0.05, 0.1) is 5.69 Å². The molecular formula is C24H25N3O3. The van der Waals surface area contributed by atoms with Gasteiger partial charge in [-0.3, -0.25) is 14.9 Å². The molecule has 4 rings (SSSR count). The molecule has 2 aromatic rings. The van der Waals surface area contributed by atoms with E-state index in [0.717, 1.165) is 40.4 Å². The fourth-order valence-corrected chi connectivity index (χ4v) is 3.86. The topological polar surface area (TPSA) is 69.7 Å². The van der Waals surface area contributed by atoms with E-state index in [2.05, 4.69) is 10.2 Å². The molecular weight excluding hydrogens is 378 g/mol. The molecule has 0 radical (unpaired) electrons. The van der Waals surface area contributed by atoms with Crippen molar-refractivity contribution in [2.45, 2.75) is 33.1 Å². The van der Waals surface area contributed by atoms with E-state index in [1.807, 2.05) is 44.2 Å². The van der Waals surface area contributed by atoms with Crippen LogP contribution in [0.5, 0.6) is 0 Å². The van der Waals surface area contributed by atoms with Crippen LogP contribution < -0.4 is 15.1 Å². The summed E-state index contributed by atoms with van der Waals surface area (Å²) < 4.78 is 0. The zero-order valence-corrected chi connectivity index (χ0v) is 17.3. The van der Waals surface area contributed by atoms with Crippen LogP contribution in [0.15, 0.2) is 48.0 Å². The molecule has 154 valence electrons. The minimum Gasteiger partial charge on any atom is -0.372 e. The van der Waals surface area contributed by atoms with Crippen molar-refractivity contribution in [1.82, 2.24) is 5.32 Å². The van der Waals surface area contributed by atoms with E-state index in [0.29, 0.717) is 5.69 Å². The number of imide groups is 2. The van der Waals surface area contributed by atoms with Crippen LogP contribution in [0.4, 0.5) is 16.2 Å². The van der Waals surface area contributed by atoms with Gasteiger partial charge < -0.3 is 4.90 Å².